The summed E-state index contributed by atoms with van der Waals surface area (Å²) in [6, 6.07) is 6.15. The number of methoxy groups -OCH3 is 1. The molecule has 2 atom stereocenters. The molecule has 0 aromatic heterocycles. The molecule has 1 aliphatic heterocycles. The summed E-state index contributed by atoms with van der Waals surface area (Å²) in [6.07, 6.45) is 1.24. The van der Waals surface area contributed by atoms with E-state index in [2.05, 4.69) is 39.9 Å². The largest absolute Gasteiger partial charge is 0.497 e. The van der Waals surface area contributed by atoms with Crippen molar-refractivity contribution >= 4 is 15.9 Å². The normalized spacial score (nSPS) is 24.4. The number of likely N-dealkylation sites (tertiary alicyclic amines) is 1. The summed E-state index contributed by atoms with van der Waals surface area (Å²) in [5.41, 5.74) is 7.15. The van der Waals surface area contributed by atoms with Gasteiger partial charge in [-0.05, 0) is 55.1 Å². The predicted molar refractivity (Wildman–Crippen MR) is 82.3 cm³/mol. The monoisotopic (exact) mass is 326 g/mol. The van der Waals surface area contributed by atoms with Crippen LogP contribution in [-0.2, 0) is 6.54 Å². The highest BCUT2D eigenvalue weighted by molar-refractivity contribution is 9.10. The summed E-state index contributed by atoms with van der Waals surface area (Å²) in [4.78, 5) is 2.50. The highest BCUT2D eigenvalue weighted by Crippen LogP contribution is 2.27. The first-order valence-electron chi connectivity index (χ1n) is 6.89. The minimum absolute atomic E-state index is 0.623. The van der Waals surface area contributed by atoms with E-state index in [1.54, 1.807) is 7.11 Å². The van der Waals surface area contributed by atoms with E-state index in [-0.39, 0.29) is 0 Å². The number of hydrogen-bond acceptors (Lipinski definition) is 3. The van der Waals surface area contributed by atoms with Crippen LogP contribution < -0.4 is 10.5 Å². The molecule has 1 fully saturated rings. The molecule has 19 heavy (non-hydrogen) atoms. The number of rotatable bonds is 4. The highest BCUT2D eigenvalue weighted by atomic mass is 79.9. The van der Waals surface area contributed by atoms with Gasteiger partial charge >= 0.3 is 0 Å². The van der Waals surface area contributed by atoms with Crippen LogP contribution >= 0.6 is 15.9 Å². The van der Waals surface area contributed by atoms with Crippen molar-refractivity contribution in [3.63, 3.8) is 0 Å². The average Bonchev–Trinajstić information content (AvgIpc) is 2.43. The van der Waals surface area contributed by atoms with Gasteiger partial charge in [0, 0.05) is 17.6 Å². The molecule has 1 aromatic rings. The fraction of sp³-hybridized carbons (Fsp3) is 0.600. The lowest BCUT2D eigenvalue weighted by Crippen LogP contribution is -2.42. The smallest absolute Gasteiger partial charge is 0.119 e. The van der Waals surface area contributed by atoms with Crippen LogP contribution in [0.15, 0.2) is 22.7 Å². The van der Waals surface area contributed by atoms with E-state index >= 15 is 0 Å². The van der Waals surface area contributed by atoms with Gasteiger partial charge in [0.1, 0.15) is 5.75 Å². The Morgan fingerprint density at radius 3 is 2.95 bits per heavy atom. The molecule has 2 N–H and O–H groups in total. The number of ether oxygens (including phenoxy) is 1. The SMILES string of the molecule is COc1ccc(Br)c(CN2CCC(C)C(CN)C2)c1. The Hall–Kier alpha value is -0.580. The third-order valence-electron chi connectivity index (χ3n) is 4.15. The lowest BCUT2D eigenvalue weighted by molar-refractivity contribution is 0.126. The summed E-state index contributed by atoms with van der Waals surface area (Å²) in [5, 5.41) is 0. The third-order valence-corrected chi connectivity index (χ3v) is 4.92. The summed E-state index contributed by atoms with van der Waals surface area (Å²) in [7, 11) is 1.71. The van der Waals surface area contributed by atoms with Gasteiger partial charge in [-0.2, -0.15) is 0 Å². The molecule has 2 rings (SSSR count). The van der Waals surface area contributed by atoms with Gasteiger partial charge in [0.2, 0.25) is 0 Å². The molecule has 0 radical (unpaired) electrons. The summed E-state index contributed by atoms with van der Waals surface area (Å²) >= 11 is 3.62. The first-order chi connectivity index (χ1) is 9.13. The number of piperidine rings is 1. The van der Waals surface area contributed by atoms with E-state index in [1.165, 1.54) is 12.0 Å². The quantitative estimate of drug-likeness (QED) is 0.924. The van der Waals surface area contributed by atoms with Crippen LogP contribution in [0.25, 0.3) is 0 Å². The Labute approximate surface area is 124 Å². The van der Waals surface area contributed by atoms with E-state index in [0.29, 0.717) is 5.92 Å². The number of benzene rings is 1. The van der Waals surface area contributed by atoms with Gasteiger partial charge in [-0.3, -0.25) is 4.90 Å². The van der Waals surface area contributed by atoms with Crippen LogP contribution in [0.4, 0.5) is 0 Å². The lowest BCUT2D eigenvalue weighted by Gasteiger charge is -2.36. The Balaban J connectivity index is 2.04. The Morgan fingerprint density at radius 2 is 2.26 bits per heavy atom. The fourth-order valence-electron chi connectivity index (χ4n) is 2.72. The summed E-state index contributed by atoms with van der Waals surface area (Å²) in [6.45, 7) is 6.32. The lowest BCUT2D eigenvalue weighted by atomic mass is 9.87. The number of nitrogens with two attached hydrogens (primary N) is 1. The highest BCUT2D eigenvalue weighted by Gasteiger charge is 2.25. The van der Waals surface area contributed by atoms with E-state index in [4.69, 9.17) is 10.5 Å². The van der Waals surface area contributed by atoms with Crippen LogP contribution in [0.1, 0.15) is 18.9 Å². The second-order valence-electron chi connectivity index (χ2n) is 5.45. The zero-order valence-electron chi connectivity index (χ0n) is 11.7. The molecule has 0 saturated carbocycles. The van der Waals surface area contributed by atoms with Crippen molar-refractivity contribution in [1.29, 1.82) is 0 Å². The molecule has 0 bridgehead atoms. The van der Waals surface area contributed by atoms with Crippen molar-refractivity contribution in [2.75, 3.05) is 26.7 Å². The van der Waals surface area contributed by atoms with E-state index in [0.717, 1.165) is 42.3 Å². The van der Waals surface area contributed by atoms with E-state index in [1.807, 2.05) is 6.07 Å². The predicted octanol–water partition coefficient (Wildman–Crippen LogP) is 2.87. The molecule has 106 valence electrons. The number of halogens is 1. The van der Waals surface area contributed by atoms with Crippen molar-refractivity contribution < 1.29 is 4.74 Å². The standard InChI is InChI=1S/C15H23BrN2O/c1-11-5-6-18(10-13(11)8-17)9-12-7-14(19-2)3-4-15(12)16/h3-4,7,11,13H,5-6,8-10,17H2,1-2H3. The fourth-order valence-corrected chi connectivity index (χ4v) is 3.09. The van der Waals surface area contributed by atoms with Crippen molar-refractivity contribution in [1.82, 2.24) is 4.90 Å². The van der Waals surface area contributed by atoms with Gasteiger partial charge < -0.3 is 10.5 Å². The molecule has 1 aromatic carbocycles. The Morgan fingerprint density at radius 1 is 1.47 bits per heavy atom. The molecular formula is C15H23BrN2O. The number of nitrogens with zero attached hydrogens (tertiary/aromatic N) is 1. The topological polar surface area (TPSA) is 38.5 Å². The van der Waals surface area contributed by atoms with Crippen LogP contribution in [0.5, 0.6) is 5.75 Å². The van der Waals surface area contributed by atoms with Crippen molar-refractivity contribution in [2.45, 2.75) is 19.9 Å². The molecule has 0 aliphatic carbocycles. The van der Waals surface area contributed by atoms with Gasteiger partial charge in [0.25, 0.3) is 0 Å². The molecule has 0 amide bonds. The summed E-state index contributed by atoms with van der Waals surface area (Å²) in [5.74, 6) is 2.28. The van der Waals surface area contributed by atoms with Crippen LogP contribution in [0.2, 0.25) is 0 Å². The Kier molecular flexibility index (Phi) is 5.25. The maximum absolute atomic E-state index is 5.87. The first kappa shape index (κ1) is 14.8. The maximum atomic E-state index is 5.87. The zero-order valence-corrected chi connectivity index (χ0v) is 13.3. The molecule has 1 aliphatic rings. The minimum atomic E-state index is 0.623. The molecule has 0 spiro atoms. The van der Waals surface area contributed by atoms with Crippen molar-refractivity contribution in [3.8, 4) is 5.75 Å². The van der Waals surface area contributed by atoms with E-state index < -0.39 is 0 Å². The first-order valence-corrected chi connectivity index (χ1v) is 7.68. The second kappa shape index (κ2) is 6.73. The second-order valence-corrected chi connectivity index (χ2v) is 6.31. The third kappa shape index (κ3) is 3.71. The van der Waals surface area contributed by atoms with Gasteiger partial charge in [0.15, 0.2) is 0 Å². The summed E-state index contributed by atoms with van der Waals surface area (Å²) < 4.78 is 6.45. The Bertz CT molecular complexity index is 425. The van der Waals surface area contributed by atoms with Gasteiger partial charge in [-0.15, -0.1) is 0 Å². The molecule has 1 saturated heterocycles. The van der Waals surface area contributed by atoms with Crippen LogP contribution in [0, 0.1) is 11.8 Å². The molecule has 4 heteroatoms. The average molecular weight is 327 g/mol. The molecular weight excluding hydrogens is 304 g/mol. The van der Waals surface area contributed by atoms with E-state index in [9.17, 15) is 0 Å². The molecule has 3 nitrogen and oxygen atoms in total. The minimum Gasteiger partial charge on any atom is -0.497 e. The van der Waals surface area contributed by atoms with Crippen molar-refractivity contribution in [2.24, 2.45) is 17.6 Å². The van der Waals surface area contributed by atoms with Gasteiger partial charge in [-0.1, -0.05) is 22.9 Å². The van der Waals surface area contributed by atoms with Gasteiger partial charge in [-0.25, -0.2) is 0 Å². The van der Waals surface area contributed by atoms with Crippen LogP contribution in [0.3, 0.4) is 0 Å². The molecule has 1 heterocycles. The molecule has 2 unspecified atom stereocenters. The maximum Gasteiger partial charge on any atom is 0.119 e. The van der Waals surface area contributed by atoms with Crippen LogP contribution in [-0.4, -0.2) is 31.6 Å². The zero-order chi connectivity index (χ0) is 13.8. The van der Waals surface area contributed by atoms with Gasteiger partial charge in [0.05, 0.1) is 7.11 Å². The van der Waals surface area contributed by atoms with Crippen molar-refractivity contribution in [3.05, 3.63) is 28.2 Å². The number of hydrogen-bond donors (Lipinski definition) is 1.